The summed E-state index contributed by atoms with van der Waals surface area (Å²) in [7, 11) is 0. The Morgan fingerprint density at radius 2 is 1.73 bits per heavy atom. The number of benzene rings is 1. The van der Waals surface area contributed by atoms with Gasteiger partial charge in [-0.3, -0.25) is 0 Å². The first kappa shape index (κ1) is 18.0. The van der Waals surface area contributed by atoms with Crippen LogP contribution in [0.2, 0.25) is 0 Å². The minimum atomic E-state index is -0.301. The lowest BCUT2D eigenvalue weighted by Gasteiger charge is -2.07. The fourth-order valence-electron chi connectivity index (χ4n) is 1.90. The summed E-state index contributed by atoms with van der Waals surface area (Å²) >= 11 is 0. The lowest BCUT2D eigenvalue weighted by molar-refractivity contribution is -0.139. The highest BCUT2D eigenvalue weighted by atomic mass is 16.5. The van der Waals surface area contributed by atoms with E-state index in [0.717, 1.165) is 31.4 Å². The van der Waals surface area contributed by atoms with E-state index in [0.29, 0.717) is 18.8 Å². The quantitative estimate of drug-likeness (QED) is 0.354. The average Bonchev–Trinajstić information content (AvgIpc) is 2.51. The molecule has 0 bridgehead atoms. The van der Waals surface area contributed by atoms with Crippen molar-refractivity contribution in [1.82, 2.24) is 0 Å². The molecule has 3 nitrogen and oxygen atoms in total. The van der Waals surface area contributed by atoms with Gasteiger partial charge in [0.25, 0.3) is 0 Å². The molecule has 1 aromatic carbocycles. The molecular weight excluding hydrogens is 276 g/mol. The van der Waals surface area contributed by atoms with Gasteiger partial charge in [0.1, 0.15) is 5.75 Å². The van der Waals surface area contributed by atoms with Gasteiger partial charge in [-0.1, -0.05) is 30.9 Å². The summed E-state index contributed by atoms with van der Waals surface area (Å²) in [4.78, 5) is 11.2. The number of hydrogen-bond acceptors (Lipinski definition) is 3. The first-order valence-corrected chi connectivity index (χ1v) is 7.81. The Hall–Kier alpha value is -2.03. The van der Waals surface area contributed by atoms with Gasteiger partial charge in [0, 0.05) is 5.57 Å². The summed E-state index contributed by atoms with van der Waals surface area (Å²) in [6, 6.07) is 8.08. The van der Waals surface area contributed by atoms with Gasteiger partial charge in [-0.2, -0.15) is 0 Å². The fourth-order valence-corrected chi connectivity index (χ4v) is 1.90. The summed E-state index contributed by atoms with van der Waals surface area (Å²) in [5, 5.41) is 0. The second-order valence-corrected chi connectivity index (χ2v) is 5.25. The van der Waals surface area contributed by atoms with E-state index in [2.05, 4.69) is 12.7 Å². The number of rotatable bonds is 10. The Morgan fingerprint density at radius 3 is 2.32 bits per heavy atom. The fraction of sp³-hybridized carbons (Fsp3) is 0.421. The van der Waals surface area contributed by atoms with Crippen LogP contribution in [0, 0.1) is 0 Å². The Labute approximate surface area is 133 Å². The van der Waals surface area contributed by atoms with Crippen LogP contribution in [0.3, 0.4) is 0 Å². The van der Waals surface area contributed by atoms with E-state index < -0.39 is 0 Å². The van der Waals surface area contributed by atoms with E-state index in [-0.39, 0.29) is 5.97 Å². The Bertz CT molecular complexity index is 486. The smallest absolute Gasteiger partial charge is 0.333 e. The van der Waals surface area contributed by atoms with Crippen LogP contribution in [0.1, 0.15) is 45.1 Å². The summed E-state index contributed by atoms with van der Waals surface area (Å²) in [6.07, 6.45) is 8.07. The zero-order chi connectivity index (χ0) is 16.2. The van der Waals surface area contributed by atoms with Gasteiger partial charge in [0.2, 0.25) is 0 Å². The van der Waals surface area contributed by atoms with Crippen LogP contribution in [0.5, 0.6) is 5.75 Å². The van der Waals surface area contributed by atoms with Crippen molar-refractivity contribution in [2.75, 3.05) is 13.2 Å². The molecule has 0 atom stereocenters. The molecule has 0 heterocycles. The minimum absolute atomic E-state index is 0.301. The molecule has 0 saturated heterocycles. The first-order chi connectivity index (χ1) is 10.6. The van der Waals surface area contributed by atoms with Crippen molar-refractivity contribution in [3.05, 3.63) is 48.1 Å². The lowest BCUT2D eigenvalue weighted by Crippen LogP contribution is -2.06. The zero-order valence-electron chi connectivity index (χ0n) is 13.6. The van der Waals surface area contributed by atoms with Crippen LogP contribution in [0.25, 0.3) is 6.08 Å². The second kappa shape index (κ2) is 10.7. The largest absolute Gasteiger partial charge is 0.494 e. The number of carbonyl (C=O) groups excluding carboxylic acids is 1. The van der Waals surface area contributed by atoms with E-state index >= 15 is 0 Å². The molecule has 1 aromatic rings. The van der Waals surface area contributed by atoms with Crippen molar-refractivity contribution in [2.45, 2.75) is 39.5 Å². The van der Waals surface area contributed by atoms with Crippen LogP contribution >= 0.6 is 0 Å². The highest BCUT2D eigenvalue weighted by Crippen LogP contribution is 2.14. The standard InChI is InChI=1S/C19H26O3/c1-4-9-17-10-12-18(13-11-17)21-14-7-5-6-8-15-22-19(20)16(2)3/h4,9-13H,2,5-8,14-15H2,1,3H3/b9-4+. The van der Waals surface area contributed by atoms with Crippen molar-refractivity contribution in [3.8, 4) is 5.75 Å². The van der Waals surface area contributed by atoms with Crippen LogP contribution < -0.4 is 4.74 Å². The molecule has 0 amide bonds. The molecular formula is C19H26O3. The molecule has 3 heteroatoms. The molecule has 0 radical (unpaired) electrons. The van der Waals surface area contributed by atoms with E-state index in [9.17, 15) is 4.79 Å². The second-order valence-electron chi connectivity index (χ2n) is 5.25. The molecule has 0 unspecified atom stereocenters. The number of hydrogen-bond donors (Lipinski definition) is 0. The van der Waals surface area contributed by atoms with Crippen molar-refractivity contribution in [3.63, 3.8) is 0 Å². The predicted molar refractivity (Wildman–Crippen MR) is 90.9 cm³/mol. The van der Waals surface area contributed by atoms with E-state index in [1.54, 1.807) is 6.92 Å². The van der Waals surface area contributed by atoms with Crippen molar-refractivity contribution >= 4 is 12.0 Å². The van der Waals surface area contributed by atoms with Crippen LogP contribution in [-0.2, 0) is 9.53 Å². The third-order valence-corrected chi connectivity index (χ3v) is 3.13. The maximum absolute atomic E-state index is 11.2. The van der Waals surface area contributed by atoms with Crippen molar-refractivity contribution in [2.24, 2.45) is 0 Å². The predicted octanol–water partition coefficient (Wildman–Crippen LogP) is 4.78. The number of esters is 1. The van der Waals surface area contributed by atoms with Gasteiger partial charge in [0.05, 0.1) is 13.2 Å². The molecule has 1 rings (SSSR count). The monoisotopic (exact) mass is 302 g/mol. The molecule has 0 aromatic heterocycles. The summed E-state index contributed by atoms with van der Waals surface area (Å²) < 4.78 is 10.7. The van der Waals surface area contributed by atoms with Crippen molar-refractivity contribution < 1.29 is 14.3 Å². The van der Waals surface area contributed by atoms with Gasteiger partial charge in [-0.25, -0.2) is 4.79 Å². The number of allylic oxidation sites excluding steroid dienone is 1. The Balaban J connectivity index is 2.03. The normalized spacial score (nSPS) is 10.6. The van der Waals surface area contributed by atoms with Crippen molar-refractivity contribution in [1.29, 1.82) is 0 Å². The summed E-state index contributed by atoms with van der Waals surface area (Å²) in [6.45, 7) is 8.39. The molecule has 0 aliphatic heterocycles. The minimum Gasteiger partial charge on any atom is -0.494 e. The van der Waals surface area contributed by atoms with E-state index in [1.807, 2.05) is 37.3 Å². The topological polar surface area (TPSA) is 35.5 Å². The number of unbranched alkanes of at least 4 members (excludes halogenated alkanes) is 3. The molecule has 0 spiro atoms. The molecule has 0 aliphatic carbocycles. The Morgan fingerprint density at radius 1 is 1.09 bits per heavy atom. The van der Waals surface area contributed by atoms with Gasteiger partial charge < -0.3 is 9.47 Å². The maximum Gasteiger partial charge on any atom is 0.333 e. The number of ether oxygens (including phenoxy) is 2. The molecule has 22 heavy (non-hydrogen) atoms. The third-order valence-electron chi connectivity index (χ3n) is 3.13. The van der Waals surface area contributed by atoms with Gasteiger partial charge in [0.15, 0.2) is 0 Å². The van der Waals surface area contributed by atoms with Gasteiger partial charge in [-0.15, -0.1) is 0 Å². The number of carbonyl (C=O) groups is 1. The third kappa shape index (κ3) is 7.67. The molecule has 0 saturated carbocycles. The Kier molecular flexibility index (Phi) is 8.73. The molecule has 0 fully saturated rings. The highest BCUT2D eigenvalue weighted by molar-refractivity contribution is 5.86. The lowest BCUT2D eigenvalue weighted by atomic mass is 10.2. The van der Waals surface area contributed by atoms with Crippen LogP contribution in [0.15, 0.2) is 42.5 Å². The van der Waals surface area contributed by atoms with Crippen LogP contribution in [-0.4, -0.2) is 19.2 Å². The summed E-state index contributed by atoms with van der Waals surface area (Å²) in [5.41, 5.74) is 1.63. The highest BCUT2D eigenvalue weighted by Gasteiger charge is 2.01. The van der Waals surface area contributed by atoms with E-state index in [4.69, 9.17) is 9.47 Å². The molecule has 120 valence electrons. The molecule has 0 aliphatic rings. The van der Waals surface area contributed by atoms with Gasteiger partial charge in [-0.05, 0) is 57.2 Å². The summed E-state index contributed by atoms with van der Waals surface area (Å²) in [5.74, 6) is 0.605. The van der Waals surface area contributed by atoms with Crippen LogP contribution in [0.4, 0.5) is 0 Å². The van der Waals surface area contributed by atoms with E-state index in [1.165, 1.54) is 5.56 Å². The van der Waals surface area contributed by atoms with Gasteiger partial charge >= 0.3 is 5.97 Å². The zero-order valence-corrected chi connectivity index (χ0v) is 13.6. The molecule has 0 N–H and O–H groups in total. The first-order valence-electron chi connectivity index (χ1n) is 7.81. The SMILES string of the molecule is C=C(C)C(=O)OCCCCCCOc1ccc(/C=C/C)cc1. The average molecular weight is 302 g/mol. The maximum atomic E-state index is 11.2.